The van der Waals surface area contributed by atoms with Crippen LogP contribution in [0.3, 0.4) is 0 Å². The number of ether oxygens (including phenoxy) is 1. The van der Waals surface area contributed by atoms with Crippen LogP contribution in [-0.4, -0.2) is 12.4 Å². The highest BCUT2D eigenvalue weighted by Crippen LogP contribution is 2.11. The lowest BCUT2D eigenvalue weighted by Crippen LogP contribution is -1.94. The standard InChI is InChI=1S/C13H14O2/c1-3-10-15-13-8-6-12(7-9-13)5-4-11(2)14/h6-9H,3,10H2,1-2H3. The second-order valence-corrected chi connectivity index (χ2v) is 3.18. The lowest BCUT2D eigenvalue weighted by atomic mass is 10.2. The number of Topliss-reactive ketones (excluding diaryl/α,β-unsaturated/α-hetero) is 1. The summed E-state index contributed by atoms with van der Waals surface area (Å²) in [6.07, 6.45) is 0.992. The number of benzene rings is 1. The number of carbonyl (C=O) groups excluding carboxylic acids is 1. The van der Waals surface area contributed by atoms with Gasteiger partial charge in [0.1, 0.15) is 5.75 Å². The van der Waals surface area contributed by atoms with Crippen molar-refractivity contribution in [1.29, 1.82) is 0 Å². The molecule has 0 aliphatic rings. The summed E-state index contributed by atoms with van der Waals surface area (Å²) < 4.78 is 5.42. The lowest BCUT2D eigenvalue weighted by Gasteiger charge is -2.03. The van der Waals surface area contributed by atoms with Crippen LogP contribution in [0.4, 0.5) is 0 Å². The van der Waals surface area contributed by atoms with E-state index in [1.807, 2.05) is 24.3 Å². The van der Waals surface area contributed by atoms with Gasteiger partial charge in [-0.1, -0.05) is 12.8 Å². The van der Waals surface area contributed by atoms with Crippen LogP contribution in [0.15, 0.2) is 24.3 Å². The van der Waals surface area contributed by atoms with Gasteiger partial charge in [-0.05, 0) is 36.6 Å². The largest absolute Gasteiger partial charge is 0.494 e. The average Bonchev–Trinajstić information content (AvgIpc) is 2.25. The van der Waals surface area contributed by atoms with E-state index in [0.717, 1.165) is 24.3 Å². The quantitative estimate of drug-likeness (QED) is 0.703. The number of rotatable bonds is 3. The van der Waals surface area contributed by atoms with E-state index < -0.39 is 0 Å². The third-order valence-corrected chi connectivity index (χ3v) is 1.71. The molecule has 2 nitrogen and oxygen atoms in total. The Labute approximate surface area is 90.3 Å². The molecule has 0 aliphatic carbocycles. The Balaban J connectivity index is 2.65. The molecule has 0 bridgehead atoms. The third kappa shape index (κ3) is 4.33. The Kier molecular flexibility index (Phi) is 4.43. The molecular formula is C13H14O2. The Morgan fingerprint density at radius 2 is 2.00 bits per heavy atom. The van der Waals surface area contributed by atoms with Crippen molar-refractivity contribution in [3.8, 4) is 17.6 Å². The summed E-state index contributed by atoms with van der Waals surface area (Å²) >= 11 is 0. The van der Waals surface area contributed by atoms with E-state index >= 15 is 0 Å². The predicted octanol–water partition coefficient (Wildman–Crippen LogP) is 2.42. The molecule has 0 aromatic heterocycles. The van der Waals surface area contributed by atoms with Crippen molar-refractivity contribution < 1.29 is 9.53 Å². The maximum absolute atomic E-state index is 10.6. The summed E-state index contributed by atoms with van der Waals surface area (Å²) in [7, 11) is 0. The minimum atomic E-state index is -0.124. The van der Waals surface area contributed by atoms with E-state index in [1.165, 1.54) is 6.92 Å². The number of hydrogen-bond donors (Lipinski definition) is 0. The molecule has 0 heterocycles. The molecule has 78 valence electrons. The van der Waals surface area contributed by atoms with Gasteiger partial charge in [0.2, 0.25) is 5.78 Å². The van der Waals surface area contributed by atoms with Gasteiger partial charge in [0.15, 0.2) is 0 Å². The fourth-order valence-corrected chi connectivity index (χ4v) is 1.01. The van der Waals surface area contributed by atoms with Gasteiger partial charge in [-0.3, -0.25) is 4.79 Å². The zero-order valence-electron chi connectivity index (χ0n) is 9.04. The van der Waals surface area contributed by atoms with Gasteiger partial charge >= 0.3 is 0 Å². The molecule has 0 saturated heterocycles. The van der Waals surface area contributed by atoms with Crippen molar-refractivity contribution in [2.45, 2.75) is 20.3 Å². The van der Waals surface area contributed by atoms with Gasteiger partial charge < -0.3 is 4.74 Å². The van der Waals surface area contributed by atoms with Gasteiger partial charge in [-0.2, -0.15) is 0 Å². The van der Waals surface area contributed by atoms with E-state index in [9.17, 15) is 4.79 Å². The van der Waals surface area contributed by atoms with E-state index in [4.69, 9.17) is 4.74 Å². The van der Waals surface area contributed by atoms with Crippen molar-refractivity contribution in [3.05, 3.63) is 29.8 Å². The highest BCUT2D eigenvalue weighted by atomic mass is 16.5. The lowest BCUT2D eigenvalue weighted by molar-refractivity contribution is -0.111. The van der Waals surface area contributed by atoms with Crippen LogP contribution >= 0.6 is 0 Å². The van der Waals surface area contributed by atoms with Crippen molar-refractivity contribution in [2.24, 2.45) is 0 Å². The minimum absolute atomic E-state index is 0.124. The first-order chi connectivity index (χ1) is 7.22. The zero-order chi connectivity index (χ0) is 11.1. The van der Waals surface area contributed by atoms with Crippen LogP contribution in [0.2, 0.25) is 0 Å². The summed E-state index contributed by atoms with van der Waals surface area (Å²) in [5.41, 5.74) is 0.828. The Morgan fingerprint density at radius 3 is 2.53 bits per heavy atom. The molecule has 0 saturated carbocycles. The van der Waals surface area contributed by atoms with Crippen molar-refractivity contribution in [2.75, 3.05) is 6.61 Å². The van der Waals surface area contributed by atoms with E-state index in [2.05, 4.69) is 18.8 Å². The number of carbonyl (C=O) groups is 1. The first-order valence-corrected chi connectivity index (χ1v) is 4.98. The summed E-state index contributed by atoms with van der Waals surface area (Å²) in [5, 5.41) is 0. The third-order valence-electron chi connectivity index (χ3n) is 1.71. The van der Waals surface area contributed by atoms with Gasteiger partial charge in [0.05, 0.1) is 6.61 Å². The van der Waals surface area contributed by atoms with Crippen molar-refractivity contribution in [3.63, 3.8) is 0 Å². The topological polar surface area (TPSA) is 26.3 Å². The molecule has 0 amide bonds. The summed E-state index contributed by atoms with van der Waals surface area (Å²) in [4.78, 5) is 10.6. The molecule has 0 N–H and O–H groups in total. The van der Waals surface area contributed by atoms with Crippen LogP contribution < -0.4 is 4.74 Å². The van der Waals surface area contributed by atoms with Crippen LogP contribution in [0.25, 0.3) is 0 Å². The van der Waals surface area contributed by atoms with E-state index in [-0.39, 0.29) is 5.78 Å². The predicted molar refractivity (Wildman–Crippen MR) is 59.8 cm³/mol. The maximum atomic E-state index is 10.6. The fraction of sp³-hybridized carbons (Fsp3) is 0.308. The van der Waals surface area contributed by atoms with Gasteiger partial charge in [-0.15, -0.1) is 0 Å². The number of hydrogen-bond acceptors (Lipinski definition) is 2. The molecule has 0 spiro atoms. The normalized spacial score (nSPS) is 8.93. The van der Waals surface area contributed by atoms with Crippen LogP contribution in [0.5, 0.6) is 5.75 Å². The molecule has 0 radical (unpaired) electrons. The monoisotopic (exact) mass is 202 g/mol. The summed E-state index contributed by atoms with van der Waals surface area (Å²) in [5.74, 6) is 5.98. The van der Waals surface area contributed by atoms with Crippen LogP contribution in [0.1, 0.15) is 25.8 Å². The molecule has 2 heteroatoms. The van der Waals surface area contributed by atoms with Gasteiger partial charge in [-0.25, -0.2) is 0 Å². The van der Waals surface area contributed by atoms with Gasteiger partial charge in [0, 0.05) is 12.5 Å². The second-order valence-electron chi connectivity index (χ2n) is 3.18. The molecule has 1 aromatic carbocycles. The molecule has 0 aliphatic heterocycles. The average molecular weight is 202 g/mol. The molecular weight excluding hydrogens is 188 g/mol. The molecule has 1 aromatic rings. The molecule has 0 unspecified atom stereocenters. The van der Waals surface area contributed by atoms with Gasteiger partial charge in [0.25, 0.3) is 0 Å². The Morgan fingerprint density at radius 1 is 1.33 bits per heavy atom. The van der Waals surface area contributed by atoms with Crippen molar-refractivity contribution >= 4 is 5.78 Å². The first-order valence-electron chi connectivity index (χ1n) is 4.98. The highest BCUT2D eigenvalue weighted by molar-refractivity contribution is 5.93. The molecule has 15 heavy (non-hydrogen) atoms. The fourth-order valence-electron chi connectivity index (χ4n) is 1.01. The molecule has 0 atom stereocenters. The molecule has 1 rings (SSSR count). The smallest absolute Gasteiger partial charge is 0.202 e. The first kappa shape index (κ1) is 11.3. The van der Waals surface area contributed by atoms with E-state index in [0.29, 0.717) is 0 Å². The SMILES string of the molecule is CCCOc1ccc(C#CC(C)=O)cc1. The summed E-state index contributed by atoms with van der Waals surface area (Å²) in [6, 6.07) is 7.42. The Bertz CT molecular complexity index is 379. The molecule has 0 fully saturated rings. The highest BCUT2D eigenvalue weighted by Gasteiger charge is 1.92. The van der Waals surface area contributed by atoms with Crippen LogP contribution in [-0.2, 0) is 4.79 Å². The van der Waals surface area contributed by atoms with Crippen LogP contribution in [0, 0.1) is 11.8 Å². The minimum Gasteiger partial charge on any atom is -0.494 e. The second kappa shape index (κ2) is 5.87. The number of ketones is 1. The zero-order valence-corrected chi connectivity index (χ0v) is 9.04. The maximum Gasteiger partial charge on any atom is 0.202 e. The van der Waals surface area contributed by atoms with E-state index in [1.54, 1.807) is 0 Å². The Hall–Kier alpha value is -1.75. The summed E-state index contributed by atoms with van der Waals surface area (Å²) in [6.45, 7) is 4.23. The van der Waals surface area contributed by atoms with Crippen molar-refractivity contribution in [1.82, 2.24) is 0 Å².